The van der Waals surface area contributed by atoms with E-state index in [0.717, 1.165) is 21.9 Å². The quantitative estimate of drug-likeness (QED) is 0.450. The van der Waals surface area contributed by atoms with Crippen LogP contribution >= 0.6 is 0 Å². The zero-order valence-electron chi connectivity index (χ0n) is 17.3. The number of aryl methyl sites for hydroxylation is 2. The van der Waals surface area contributed by atoms with Crippen LogP contribution in [0.1, 0.15) is 27.9 Å². The first kappa shape index (κ1) is 20.3. The fourth-order valence-corrected chi connectivity index (χ4v) is 3.47. The predicted octanol–water partition coefficient (Wildman–Crippen LogP) is 5.37. The van der Waals surface area contributed by atoms with Crippen molar-refractivity contribution in [2.24, 2.45) is 0 Å². The molecule has 1 aromatic heterocycles. The molecule has 2 amide bonds. The van der Waals surface area contributed by atoms with Gasteiger partial charge in [0.2, 0.25) is 5.91 Å². The molecule has 0 atom stereocenters. The standard InChI is InChI=1S/C26H23N3O2/c1-18-11-13-22(28-26(31)19-7-3-2-4-8-19)15-24(18)29-25(30)14-12-21-17-27-16-20-9-5-6-10-23(20)21/h2-11,13,15-17H,12,14H2,1H3,(H,28,31)(H,29,30). The summed E-state index contributed by atoms with van der Waals surface area (Å²) < 4.78 is 0. The summed E-state index contributed by atoms with van der Waals surface area (Å²) in [7, 11) is 0. The molecule has 0 fully saturated rings. The summed E-state index contributed by atoms with van der Waals surface area (Å²) in [5.41, 5.74) is 3.88. The van der Waals surface area contributed by atoms with Crippen LogP contribution in [-0.2, 0) is 11.2 Å². The second-order valence-corrected chi connectivity index (χ2v) is 7.42. The number of hydrogen-bond acceptors (Lipinski definition) is 3. The van der Waals surface area contributed by atoms with Gasteiger partial charge in [0.25, 0.3) is 5.91 Å². The molecule has 154 valence electrons. The SMILES string of the molecule is Cc1ccc(NC(=O)c2ccccc2)cc1NC(=O)CCc1cncc2ccccc12. The number of fused-ring (bicyclic) bond motifs is 1. The minimum atomic E-state index is -0.190. The van der Waals surface area contributed by atoms with Gasteiger partial charge < -0.3 is 10.6 Å². The van der Waals surface area contributed by atoms with E-state index in [9.17, 15) is 9.59 Å². The Morgan fingerprint density at radius 1 is 0.871 bits per heavy atom. The Balaban J connectivity index is 1.42. The molecule has 31 heavy (non-hydrogen) atoms. The number of pyridine rings is 1. The topological polar surface area (TPSA) is 71.1 Å². The molecule has 5 nitrogen and oxygen atoms in total. The van der Waals surface area contributed by atoms with Crippen LogP contribution in [0.4, 0.5) is 11.4 Å². The maximum absolute atomic E-state index is 12.6. The minimum Gasteiger partial charge on any atom is -0.326 e. The number of benzene rings is 3. The lowest BCUT2D eigenvalue weighted by molar-refractivity contribution is -0.116. The van der Waals surface area contributed by atoms with Crippen molar-refractivity contribution in [3.63, 3.8) is 0 Å². The molecule has 4 rings (SSSR count). The van der Waals surface area contributed by atoms with Gasteiger partial charge in [0.1, 0.15) is 0 Å². The van der Waals surface area contributed by atoms with Crippen molar-refractivity contribution < 1.29 is 9.59 Å². The van der Waals surface area contributed by atoms with Gasteiger partial charge in [-0.25, -0.2) is 0 Å². The fourth-order valence-electron chi connectivity index (χ4n) is 3.47. The van der Waals surface area contributed by atoms with Crippen LogP contribution in [0.3, 0.4) is 0 Å². The molecule has 0 radical (unpaired) electrons. The summed E-state index contributed by atoms with van der Waals surface area (Å²) in [5, 5.41) is 8.04. The molecule has 0 spiro atoms. The molecule has 3 aromatic carbocycles. The summed E-state index contributed by atoms with van der Waals surface area (Å²) in [4.78, 5) is 29.3. The highest BCUT2D eigenvalue weighted by Crippen LogP contribution is 2.22. The molecule has 1 heterocycles. The van der Waals surface area contributed by atoms with Crippen LogP contribution in [0.5, 0.6) is 0 Å². The number of hydrogen-bond donors (Lipinski definition) is 2. The van der Waals surface area contributed by atoms with Crippen LogP contribution in [0.15, 0.2) is 85.2 Å². The number of nitrogens with zero attached hydrogens (tertiary/aromatic N) is 1. The molecule has 0 aliphatic rings. The zero-order chi connectivity index (χ0) is 21.6. The number of anilines is 2. The molecule has 5 heteroatoms. The van der Waals surface area contributed by atoms with Gasteiger partial charge in [0, 0.05) is 41.1 Å². The summed E-state index contributed by atoms with van der Waals surface area (Å²) in [6.07, 6.45) is 4.59. The summed E-state index contributed by atoms with van der Waals surface area (Å²) >= 11 is 0. The molecule has 0 saturated carbocycles. The van der Waals surface area contributed by atoms with E-state index < -0.39 is 0 Å². The summed E-state index contributed by atoms with van der Waals surface area (Å²) in [5.74, 6) is -0.271. The lowest BCUT2D eigenvalue weighted by atomic mass is 10.0. The Hall–Kier alpha value is -3.99. The molecule has 0 unspecified atom stereocenters. The van der Waals surface area contributed by atoms with Gasteiger partial charge in [-0.05, 0) is 54.1 Å². The number of amides is 2. The monoisotopic (exact) mass is 409 g/mol. The maximum atomic E-state index is 12.6. The van der Waals surface area contributed by atoms with E-state index in [1.54, 1.807) is 18.2 Å². The van der Waals surface area contributed by atoms with Crippen LogP contribution < -0.4 is 10.6 Å². The van der Waals surface area contributed by atoms with Gasteiger partial charge in [-0.15, -0.1) is 0 Å². The highest BCUT2D eigenvalue weighted by Gasteiger charge is 2.10. The van der Waals surface area contributed by atoms with Crippen molar-refractivity contribution in [1.82, 2.24) is 4.98 Å². The first-order valence-electron chi connectivity index (χ1n) is 10.2. The molecule has 0 aliphatic heterocycles. The van der Waals surface area contributed by atoms with Gasteiger partial charge in [0.05, 0.1) is 0 Å². The Bertz CT molecular complexity index is 1230. The first-order chi connectivity index (χ1) is 15.1. The van der Waals surface area contributed by atoms with Gasteiger partial charge in [-0.3, -0.25) is 14.6 Å². The van der Waals surface area contributed by atoms with E-state index in [1.165, 1.54) is 0 Å². The van der Waals surface area contributed by atoms with E-state index in [1.807, 2.05) is 73.9 Å². The average molecular weight is 409 g/mol. The average Bonchev–Trinajstić information content (AvgIpc) is 2.80. The lowest BCUT2D eigenvalue weighted by Crippen LogP contribution is -2.15. The van der Waals surface area contributed by atoms with Crippen LogP contribution in [0.2, 0.25) is 0 Å². The van der Waals surface area contributed by atoms with E-state index in [0.29, 0.717) is 29.8 Å². The van der Waals surface area contributed by atoms with Crippen molar-refractivity contribution in [2.75, 3.05) is 10.6 Å². The van der Waals surface area contributed by atoms with Gasteiger partial charge in [-0.1, -0.05) is 48.5 Å². The van der Waals surface area contributed by atoms with Crippen molar-refractivity contribution >= 4 is 34.0 Å². The molecule has 0 aliphatic carbocycles. The Labute approximate surface area is 181 Å². The number of nitrogens with one attached hydrogen (secondary N) is 2. The van der Waals surface area contributed by atoms with E-state index in [2.05, 4.69) is 15.6 Å². The predicted molar refractivity (Wildman–Crippen MR) is 124 cm³/mol. The third kappa shape index (κ3) is 4.95. The van der Waals surface area contributed by atoms with Crippen molar-refractivity contribution in [2.45, 2.75) is 19.8 Å². The third-order valence-corrected chi connectivity index (χ3v) is 5.18. The molecule has 2 N–H and O–H groups in total. The van der Waals surface area contributed by atoms with E-state index in [-0.39, 0.29) is 11.8 Å². The number of rotatable bonds is 6. The Kier molecular flexibility index (Phi) is 6.03. The van der Waals surface area contributed by atoms with Crippen LogP contribution in [0.25, 0.3) is 10.8 Å². The molecular formula is C26H23N3O2. The normalized spacial score (nSPS) is 10.6. The van der Waals surface area contributed by atoms with Gasteiger partial charge in [-0.2, -0.15) is 0 Å². The number of carbonyl (C=O) groups excluding carboxylic acids is 2. The van der Waals surface area contributed by atoms with Crippen LogP contribution in [-0.4, -0.2) is 16.8 Å². The van der Waals surface area contributed by atoms with E-state index in [4.69, 9.17) is 0 Å². The lowest BCUT2D eigenvalue weighted by Gasteiger charge is -2.12. The number of carbonyl (C=O) groups is 2. The fraction of sp³-hybridized carbons (Fsp3) is 0.115. The van der Waals surface area contributed by atoms with Crippen LogP contribution in [0, 0.1) is 6.92 Å². The summed E-state index contributed by atoms with van der Waals surface area (Å²) in [6.45, 7) is 1.92. The molecule has 0 bridgehead atoms. The van der Waals surface area contributed by atoms with Gasteiger partial charge >= 0.3 is 0 Å². The first-order valence-corrected chi connectivity index (χ1v) is 10.2. The molecular weight excluding hydrogens is 386 g/mol. The van der Waals surface area contributed by atoms with Crippen molar-refractivity contribution in [3.05, 3.63) is 102 Å². The van der Waals surface area contributed by atoms with Crippen molar-refractivity contribution in [1.29, 1.82) is 0 Å². The Morgan fingerprint density at radius 3 is 2.48 bits per heavy atom. The second kappa shape index (κ2) is 9.22. The second-order valence-electron chi connectivity index (χ2n) is 7.42. The maximum Gasteiger partial charge on any atom is 0.255 e. The minimum absolute atomic E-state index is 0.0810. The zero-order valence-corrected chi connectivity index (χ0v) is 17.3. The third-order valence-electron chi connectivity index (χ3n) is 5.18. The highest BCUT2D eigenvalue weighted by molar-refractivity contribution is 6.04. The number of aromatic nitrogens is 1. The largest absolute Gasteiger partial charge is 0.326 e. The highest BCUT2D eigenvalue weighted by atomic mass is 16.2. The summed E-state index contributed by atoms with van der Waals surface area (Å²) in [6, 6.07) is 22.6. The molecule has 0 saturated heterocycles. The smallest absolute Gasteiger partial charge is 0.255 e. The van der Waals surface area contributed by atoms with Crippen molar-refractivity contribution in [3.8, 4) is 0 Å². The van der Waals surface area contributed by atoms with E-state index >= 15 is 0 Å². The Morgan fingerprint density at radius 2 is 1.65 bits per heavy atom. The molecule has 4 aromatic rings. The van der Waals surface area contributed by atoms with Gasteiger partial charge in [0.15, 0.2) is 0 Å².